The highest BCUT2D eigenvalue weighted by Gasteiger charge is 2.47. The van der Waals surface area contributed by atoms with Gasteiger partial charge < -0.3 is 10.6 Å². The molecule has 2 fully saturated rings. The third-order valence-corrected chi connectivity index (χ3v) is 3.30. The van der Waals surface area contributed by atoms with E-state index < -0.39 is 5.54 Å². The summed E-state index contributed by atoms with van der Waals surface area (Å²) in [5, 5.41) is 0. The lowest BCUT2D eigenvalue weighted by atomic mass is 9.95. The quantitative estimate of drug-likeness (QED) is 0.699. The van der Waals surface area contributed by atoms with Gasteiger partial charge in [-0.2, -0.15) is 0 Å². The van der Waals surface area contributed by atoms with Gasteiger partial charge in [0.15, 0.2) is 0 Å². The normalized spacial score (nSPS) is 26.7. The summed E-state index contributed by atoms with van der Waals surface area (Å²) in [6.07, 6.45) is 4.56. The molecule has 0 radical (unpaired) electrons. The summed E-state index contributed by atoms with van der Waals surface area (Å²) in [6, 6.07) is 0.481. The van der Waals surface area contributed by atoms with Crippen molar-refractivity contribution in [1.29, 1.82) is 0 Å². The summed E-state index contributed by atoms with van der Waals surface area (Å²) < 4.78 is 0. The molecular weight excluding hydrogens is 164 g/mol. The monoisotopic (exact) mass is 182 g/mol. The van der Waals surface area contributed by atoms with Gasteiger partial charge in [0.05, 0.1) is 5.54 Å². The second-order valence-electron chi connectivity index (χ2n) is 4.70. The highest BCUT2D eigenvalue weighted by molar-refractivity contribution is 5.86. The fourth-order valence-corrected chi connectivity index (χ4v) is 1.87. The molecule has 0 aromatic rings. The zero-order valence-corrected chi connectivity index (χ0v) is 8.42. The number of carbonyl (C=O) groups is 1. The third kappa shape index (κ3) is 1.57. The van der Waals surface area contributed by atoms with Gasteiger partial charge in [-0.3, -0.25) is 4.79 Å². The molecule has 2 saturated carbocycles. The van der Waals surface area contributed by atoms with Crippen LogP contribution in [-0.2, 0) is 4.79 Å². The first-order valence-electron chi connectivity index (χ1n) is 5.09. The fraction of sp³-hybridized carbons (Fsp3) is 0.900. The number of rotatable bonds is 3. The van der Waals surface area contributed by atoms with Crippen molar-refractivity contribution < 1.29 is 4.79 Å². The number of nitrogens with zero attached hydrogens (tertiary/aromatic N) is 1. The summed E-state index contributed by atoms with van der Waals surface area (Å²) >= 11 is 0. The number of likely N-dealkylation sites (N-methyl/N-ethyl adjacent to an activating group) is 1. The van der Waals surface area contributed by atoms with E-state index in [4.69, 9.17) is 5.73 Å². The minimum Gasteiger partial charge on any atom is -0.341 e. The Morgan fingerprint density at radius 3 is 2.31 bits per heavy atom. The Hall–Kier alpha value is -0.570. The molecule has 1 amide bonds. The lowest BCUT2D eigenvalue weighted by molar-refractivity contribution is -0.136. The number of hydrogen-bond acceptors (Lipinski definition) is 2. The van der Waals surface area contributed by atoms with Crippen LogP contribution in [0.5, 0.6) is 0 Å². The molecule has 74 valence electrons. The van der Waals surface area contributed by atoms with Crippen LogP contribution < -0.4 is 5.73 Å². The van der Waals surface area contributed by atoms with E-state index in [9.17, 15) is 4.79 Å². The lowest BCUT2D eigenvalue weighted by Crippen LogP contribution is -2.54. The zero-order chi connectivity index (χ0) is 9.64. The van der Waals surface area contributed by atoms with Crippen LogP contribution in [-0.4, -0.2) is 29.4 Å². The molecule has 0 heterocycles. The van der Waals surface area contributed by atoms with Crippen molar-refractivity contribution in [3.8, 4) is 0 Å². The second-order valence-corrected chi connectivity index (χ2v) is 4.70. The van der Waals surface area contributed by atoms with E-state index in [0.717, 1.165) is 25.7 Å². The van der Waals surface area contributed by atoms with Gasteiger partial charge in [0, 0.05) is 13.1 Å². The average molecular weight is 182 g/mol. The first-order valence-corrected chi connectivity index (χ1v) is 5.09. The maximum absolute atomic E-state index is 11.9. The van der Waals surface area contributed by atoms with Crippen molar-refractivity contribution in [3.05, 3.63) is 0 Å². The van der Waals surface area contributed by atoms with Gasteiger partial charge in [-0.15, -0.1) is 0 Å². The van der Waals surface area contributed by atoms with Crippen LogP contribution in [0.1, 0.15) is 32.6 Å². The van der Waals surface area contributed by atoms with Crippen molar-refractivity contribution in [2.45, 2.75) is 44.2 Å². The highest BCUT2D eigenvalue weighted by Crippen LogP contribution is 2.40. The molecule has 2 aliphatic rings. The number of carbonyl (C=O) groups excluding carboxylic acids is 1. The van der Waals surface area contributed by atoms with Crippen LogP contribution in [0.3, 0.4) is 0 Å². The Morgan fingerprint density at radius 2 is 1.92 bits per heavy atom. The van der Waals surface area contributed by atoms with Crippen LogP contribution in [0.15, 0.2) is 0 Å². The zero-order valence-electron chi connectivity index (χ0n) is 8.42. The maximum atomic E-state index is 11.9. The standard InChI is InChI=1S/C10H18N2O/c1-10(11,7-3-4-7)9(13)12(2)8-5-6-8/h7-8H,3-6,11H2,1-2H3. The smallest absolute Gasteiger partial charge is 0.242 e. The maximum Gasteiger partial charge on any atom is 0.242 e. The average Bonchev–Trinajstić information content (AvgIpc) is 2.89. The van der Waals surface area contributed by atoms with Crippen molar-refractivity contribution in [3.63, 3.8) is 0 Å². The molecule has 2 rings (SSSR count). The van der Waals surface area contributed by atoms with Gasteiger partial charge in [-0.05, 0) is 38.5 Å². The Bertz CT molecular complexity index is 229. The molecule has 0 aromatic heterocycles. The van der Waals surface area contributed by atoms with Crippen molar-refractivity contribution in [2.75, 3.05) is 7.05 Å². The first kappa shape index (κ1) is 9.00. The van der Waals surface area contributed by atoms with Gasteiger partial charge >= 0.3 is 0 Å². The predicted molar refractivity (Wildman–Crippen MR) is 51.1 cm³/mol. The van der Waals surface area contributed by atoms with Gasteiger partial charge in [0.2, 0.25) is 5.91 Å². The van der Waals surface area contributed by atoms with Crippen LogP contribution in [0.25, 0.3) is 0 Å². The Balaban J connectivity index is 2.01. The molecule has 1 unspecified atom stereocenters. The van der Waals surface area contributed by atoms with Gasteiger partial charge in [0.25, 0.3) is 0 Å². The highest BCUT2D eigenvalue weighted by atomic mass is 16.2. The first-order chi connectivity index (χ1) is 6.03. The summed E-state index contributed by atoms with van der Waals surface area (Å²) in [4.78, 5) is 13.8. The molecule has 2 N–H and O–H groups in total. The van der Waals surface area contributed by atoms with Crippen molar-refractivity contribution in [2.24, 2.45) is 11.7 Å². The topological polar surface area (TPSA) is 46.3 Å². The van der Waals surface area contributed by atoms with Crippen LogP contribution in [0.4, 0.5) is 0 Å². The lowest BCUT2D eigenvalue weighted by Gasteiger charge is -2.29. The van der Waals surface area contributed by atoms with Gasteiger partial charge in [-0.25, -0.2) is 0 Å². The Morgan fingerprint density at radius 1 is 1.38 bits per heavy atom. The Labute approximate surface area is 79.3 Å². The van der Waals surface area contributed by atoms with Crippen LogP contribution in [0, 0.1) is 5.92 Å². The van der Waals surface area contributed by atoms with E-state index in [1.807, 2.05) is 18.9 Å². The van der Waals surface area contributed by atoms with E-state index in [2.05, 4.69) is 0 Å². The number of nitrogens with two attached hydrogens (primary N) is 1. The number of amides is 1. The van der Waals surface area contributed by atoms with Gasteiger partial charge in [0.1, 0.15) is 0 Å². The third-order valence-electron chi connectivity index (χ3n) is 3.30. The van der Waals surface area contributed by atoms with Crippen molar-refractivity contribution >= 4 is 5.91 Å². The summed E-state index contributed by atoms with van der Waals surface area (Å²) in [7, 11) is 1.88. The molecule has 0 bridgehead atoms. The minimum atomic E-state index is -0.600. The number of hydrogen-bond donors (Lipinski definition) is 1. The van der Waals surface area contributed by atoms with Crippen LogP contribution in [0.2, 0.25) is 0 Å². The van der Waals surface area contributed by atoms with E-state index in [1.165, 1.54) is 0 Å². The minimum absolute atomic E-state index is 0.137. The summed E-state index contributed by atoms with van der Waals surface area (Å²) in [5.41, 5.74) is 5.44. The van der Waals surface area contributed by atoms with Crippen LogP contribution >= 0.6 is 0 Å². The van der Waals surface area contributed by atoms with E-state index in [1.54, 1.807) is 0 Å². The molecule has 2 aliphatic carbocycles. The molecule has 0 saturated heterocycles. The molecule has 3 heteroatoms. The largest absolute Gasteiger partial charge is 0.341 e. The molecule has 1 atom stereocenters. The van der Waals surface area contributed by atoms with Crippen molar-refractivity contribution in [1.82, 2.24) is 4.90 Å². The molecule has 13 heavy (non-hydrogen) atoms. The Kier molecular flexibility index (Phi) is 1.88. The molecule has 0 aliphatic heterocycles. The van der Waals surface area contributed by atoms with E-state index in [0.29, 0.717) is 12.0 Å². The fourth-order valence-electron chi connectivity index (χ4n) is 1.87. The van der Waals surface area contributed by atoms with E-state index in [-0.39, 0.29) is 5.91 Å². The second kappa shape index (κ2) is 2.71. The SMILES string of the molecule is CN(C(=O)C(C)(N)C1CC1)C1CC1. The summed E-state index contributed by atoms with van der Waals surface area (Å²) in [5.74, 6) is 0.568. The summed E-state index contributed by atoms with van der Waals surface area (Å²) in [6.45, 7) is 1.88. The molecule has 0 aromatic carbocycles. The van der Waals surface area contributed by atoms with E-state index >= 15 is 0 Å². The molecular formula is C10H18N2O. The van der Waals surface area contributed by atoms with Gasteiger partial charge in [-0.1, -0.05) is 0 Å². The molecule has 0 spiro atoms. The molecule has 3 nitrogen and oxygen atoms in total. The predicted octanol–water partition coefficient (Wildman–Crippen LogP) is 0.735.